The minimum atomic E-state index is 0.00334. The lowest BCUT2D eigenvalue weighted by atomic mass is 10.1. The van der Waals surface area contributed by atoms with E-state index in [4.69, 9.17) is 0 Å². The molecule has 0 unspecified atom stereocenters. The van der Waals surface area contributed by atoms with E-state index in [-0.39, 0.29) is 11.9 Å². The summed E-state index contributed by atoms with van der Waals surface area (Å²) in [5.41, 5.74) is 1.72. The fraction of sp³-hybridized carbons (Fsp3) is 0.462. The molecule has 1 aromatic rings. The van der Waals surface area contributed by atoms with Crippen LogP contribution in [0.4, 0.5) is 5.69 Å². The third-order valence-electron chi connectivity index (χ3n) is 2.53. The molecule has 1 amide bonds. The van der Waals surface area contributed by atoms with Gasteiger partial charge in [-0.2, -0.15) is 0 Å². The molecular weight excluding hydrogens is 200 g/mol. The van der Waals surface area contributed by atoms with Crippen LogP contribution >= 0.6 is 0 Å². The molecule has 1 atom stereocenters. The van der Waals surface area contributed by atoms with E-state index in [9.17, 15) is 4.79 Å². The first-order valence-corrected chi connectivity index (χ1v) is 5.76. The number of hydrogen-bond acceptors (Lipinski definition) is 2. The van der Waals surface area contributed by atoms with Crippen molar-refractivity contribution in [1.82, 2.24) is 5.32 Å². The van der Waals surface area contributed by atoms with Crippen LogP contribution in [0.3, 0.4) is 0 Å². The second-order valence-electron chi connectivity index (χ2n) is 3.99. The second kappa shape index (κ2) is 6.16. The monoisotopic (exact) mass is 220 g/mol. The summed E-state index contributed by atoms with van der Waals surface area (Å²) in [4.78, 5) is 11.8. The number of benzene rings is 1. The molecule has 0 radical (unpaired) electrons. The molecule has 0 aliphatic carbocycles. The zero-order valence-corrected chi connectivity index (χ0v) is 10.2. The van der Waals surface area contributed by atoms with E-state index in [0.29, 0.717) is 5.56 Å². The molecule has 0 bridgehead atoms. The SMILES string of the molecule is CCC[C@H](C)NC(=O)c1ccc(NC)cc1. The average Bonchev–Trinajstić information content (AvgIpc) is 2.29. The standard InChI is InChI=1S/C13H20N2O/c1-4-5-10(2)15-13(16)11-6-8-12(14-3)9-7-11/h6-10,14H,4-5H2,1-3H3,(H,15,16)/t10-/m0/s1. The molecule has 1 aromatic carbocycles. The maximum absolute atomic E-state index is 11.8. The Morgan fingerprint density at radius 1 is 1.31 bits per heavy atom. The van der Waals surface area contributed by atoms with Gasteiger partial charge in [-0.1, -0.05) is 13.3 Å². The first-order chi connectivity index (χ1) is 7.67. The summed E-state index contributed by atoms with van der Waals surface area (Å²) in [6.45, 7) is 4.15. The Balaban J connectivity index is 2.59. The average molecular weight is 220 g/mol. The maximum Gasteiger partial charge on any atom is 0.251 e. The van der Waals surface area contributed by atoms with E-state index in [0.717, 1.165) is 18.5 Å². The normalized spacial score (nSPS) is 11.9. The van der Waals surface area contributed by atoms with Gasteiger partial charge in [-0.25, -0.2) is 0 Å². The van der Waals surface area contributed by atoms with E-state index >= 15 is 0 Å². The van der Waals surface area contributed by atoms with E-state index in [2.05, 4.69) is 17.6 Å². The van der Waals surface area contributed by atoms with Gasteiger partial charge in [0.2, 0.25) is 0 Å². The van der Waals surface area contributed by atoms with Gasteiger partial charge in [0.25, 0.3) is 5.91 Å². The zero-order chi connectivity index (χ0) is 12.0. The largest absolute Gasteiger partial charge is 0.388 e. The molecule has 3 nitrogen and oxygen atoms in total. The van der Waals surface area contributed by atoms with Gasteiger partial charge in [0.15, 0.2) is 0 Å². The van der Waals surface area contributed by atoms with Crippen molar-refractivity contribution in [2.75, 3.05) is 12.4 Å². The molecular formula is C13H20N2O. The lowest BCUT2D eigenvalue weighted by Crippen LogP contribution is -2.32. The van der Waals surface area contributed by atoms with Crippen LogP contribution in [0.5, 0.6) is 0 Å². The highest BCUT2D eigenvalue weighted by molar-refractivity contribution is 5.94. The van der Waals surface area contributed by atoms with Crippen molar-refractivity contribution in [2.45, 2.75) is 32.7 Å². The van der Waals surface area contributed by atoms with Crippen LogP contribution in [-0.4, -0.2) is 19.0 Å². The topological polar surface area (TPSA) is 41.1 Å². The highest BCUT2D eigenvalue weighted by Crippen LogP contribution is 2.08. The Hall–Kier alpha value is -1.51. The van der Waals surface area contributed by atoms with Crippen LogP contribution in [-0.2, 0) is 0 Å². The first-order valence-electron chi connectivity index (χ1n) is 5.76. The number of amides is 1. The first kappa shape index (κ1) is 12.6. The fourth-order valence-corrected chi connectivity index (χ4v) is 1.60. The minimum Gasteiger partial charge on any atom is -0.388 e. The van der Waals surface area contributed by atoms with Crippen LogP contribution in [0, 0.1) is 0 Å². The van der Waals surface area contributed by atoms with Crippen LogP contribution < -0.4 is 10.6 Å². The molecule has 3 heteroatoms. The fourth-order valence-electron chi connectivity index (χ4n) is 1.60. The molecule has 0 aliphatic heterocycles. The van der Waals surface area contributed by atoms with Crippen LogP contribution in [0.15, 0.2) is 24.3 Å². The molecule has 0 spiro atoms. The second-order valence-corrected chi connectivity index (χ2v) is 3.99. The number of anilines is 1. The summed E-state index contributed by atoms with van der Waals surface area (Å²) in [6, 6.07) is 7.71. The molecule has 0 aromatic heterocycles. The third-order valence-corrected chi connectivity index (χ3v) is 2.53. The lowest BCUT2D eigenvalue weighted by Gasteiger charge is -2.12. The summed E-state index contributed by atoms with van der Waals surface area (Å²) in [5, 5.41) is 6.00. The van der Waals surface area contributed by atoms with Crippen molar-refractivity contribution >= 4 is 11.6 Å². The Kier molecular flexibility index (Phi) is 4.83. The van der Waals surface area contributed by atoms with E-state index in [1.54, 1.807) is 0 Å². The maximum atomic E-state index is 11.8. The highest BCUT2D eigenvalue weighted by atomic mass is 16.1. The van der Waals surface area contributed by atoms with Crippen LogP contribution in [0.1, 0.15) is 37.0 Å². The highest BCUT2D eigenvalue weighted by Gasteiger charge is 2.08. The van der Waals surface area contributed by atoms with Crippen molar-refractivity contribution < 1.29 is 4.79 Å². The molecule has 2 N–H and O–H groups in total. The van der Waals surface area contributed by atoms with E-state index in [1.807, 2.05) is 38.2 Å². The van der Waals surface area contributed by atoms with Gasteiger partial charge in [0.05, 0.1) is 0 Å². The molecule has 88 valence electrons. The molecule has 0 heterocycles. The predicted octanol–water partition coefficient (Wildman–Crippen LogP) is 2.65. The molecule has 0 fully saturated rings. The van der Waals surface area contributed by atoms with Gasteiger partial charge < -0.3 is 10.6 Å². The number of rotatable bonds is 5. The van der Waals surface area contributed by atoms with Crippen molar-refractivity contribution in [3.8, 4) is 0 Å². The van der Waals surface area contributed by atoms with Gasteiger partial charge in [-0.3, -0.25) is 4.79 Å². The Labute approximate surface area is 97.2 Å². The number of hydrogen-bond donors (Lipinski definition) is 2. The van der Waals surface area contributed by atoms with Crippen molar-refractivity contribution in [1.29, 1.82) is 0 Å². The van der Waals surface area contributed by atoms with Gasteiger partial charge >= 0.3 is 0 Å². The number of carbonyl (C=O) groups is 1. The summed E-state index contributed by atoms with van der Waals surface area (Å²) in [5.74, 6) is 0.00334. The van der Waals surface area contributed by atoms with Gasteiger partial charge in [0.1, 0.15) is 0 Å². The van der Waals surface area contributed by atoms with Crippen molar-refractivity contribution in [3.63, 3.8) is 0 Å². The molecule has 0 aliphatic rings. The van der Waals surface area contributed by atoms with Crippen LogP contribution in [0.25, 0.3) is 0 Å². The molecule has 1 rings (SSSR count). The van der Waals surface area contributed by atoms with E-state index < -0.39 is 0 Å². The predicted molar refractivity (Wildman–Crippen MR) is 67.8 cm³/mol. The summed E-state index contributed by atoms with van der Waals surface area (Å²) in [7, 11) is 1.86. The summed E-state index contributed by atoms with van der Waals surface area (Å²) >= 11 is 0. The smallest absolute Gasteiger partial charge is 0.251 e. The summed E-state index contributed by atoms with van der Waals surface area (Å²) in [6.07, 6.45) is 2.10. The van der Waals surface area contributed by atoms with Crippen molar-refractivity contribution in [3.05, 3.63) is 29.8 Å². The Bertz CT molecular complexity index is 332. The number of nitrogens with one attached hydrogen (secondary N) is 2. The third kappa shape index (κ3) is 3.57. The van der Waals surface area contributed by atoms with E-state index in [1.165, 1.54) is 0 Å². The molecule has 0 saturated carbocycles. The van der Waals surface area contributed by atoms with Gasteiger partial charge in [-0.15, -0.1) is 0 Å². The summed E-state index contributed by atoms with van der Waals surface area (Å²) < 4.78 is 0. The lowest BCUT2D eigenvalue weighted by molar-refractivity contribution is 0.0938. The van der Waals surface area contributed by atoms with Crippen molar-refractivity contribution in [2.24, 2.45) is 0 Å². The molecule has 0 saturated heterocycles. The molecule has 16 heavy (non-hydrogen) atoms. The van der Waals surface area contributed by atoms with Gasteiger partial charge in [-0.05, 0) is 37.6 Å². The Morgan fingerprint density at radius 3 is 2.44 bits per heavy atom. The quantitative estimate of drug-likeness (QED) is 0.801. The Morgan fingerprint density at radius 2 is 1.94 bits per heavy atom. The minimum absolute atomic E-state index is 0.00334. The zero-order valence-electron chi connectivity index (χ0n) is 10.2. The number of carbonyl (C=O) groups excluding carboxylic acids is 1. The van der Waals surface area contributed by atoms with Crippen LogP contribution in [0.2, 0.25) is 0 Å². The van der Waals surface area contributed by atoms with Gasteiger partial charge in [0, 0.05) is 24.3 Å².